The molecule has 0 bridgehead atoms. The lowest BCUT2D eigenvalue weighted by Crippen LogP contribution is -2.39. The van der Waals surface area contributed by atoms with Crippen LogP contribution in [0.2, 0.25) is 0 Å². The number of carbonyl (C=O) groups excluding carboxylic acids is 2. The number of nitro benzene ring substituents is 1. The Balaban J connectivity index is 2.14. The first-order valence-electron chi connectivity index (χ1n) is 7.90. The second-order valence-corrected chi connectivity index (χ2v) is 5.13. The van der Waals surface area contributed by atoms with Crippen molar-refractivity contribution in [2.45, 2.75) is 6.92 Å². The zero-order valence-corrected chi connectivity index (χ0v) is 14.2. The number of nitrogens with zero attached hydrogens (tertiary/aromatic N) is 2. The third-order valence-corrected chi connectivity index (χ3v) is 3.37. The van der Waals surface area contributed by atoms with Crippen molar-refractivity contribution >= 4 is 23.3 Å². The van der Waals surface area contributed by atoms with Gasteiger partial charge in [0.2, 0.25) is 0 Å². The van der Waals surface area contributed by atoms with Crippen molar-refractivity contribution in [3.05, 3.63) is 64.7 Å². The number of hydrogen-bond acceptors (Lipinski definition) is 6. The first-order valence-corrected chi connectivity index (χ1v) is 7.90. The number of para-hydroxylation sites is 3. The number of carbonyl (C=O) groups is 2. The summed E-state index contributed by atoms with van der Waals surface area (Å²) in [4.78, 5) is 36.0. The number of nitro groups is 1. The predicted octanol–water partition coefficient (Wildman–Crippen LogP) is 2.57. The van der Waals surface area contributed by atoms with Gasteiger partial charge in [-0.2, -0.15) is 0 Å². The molecule has 0 N–H and O–H groups in total. The molecule has 0 atom stereocenters. The molecule has 2 rings (SSSR count). The van der Waals surface area contributed by atoms with Crippen LogP contribution in [0.1, 0.15) is 6.92 Å². The third-order valence-electron chi connectivity index (χ3n) is 3.37. The van der Waals surface area contributed by atoms with Gasteiger partial charge in [-0.05, 0) is 25.1 Å². The Morgan fingerprint density at radius 2 is 1.73 bits per heavy atom. The van der Waals surface area contributed by atoms with Gasteiger partial charge in [-0.3, -0.25) is 24.6 Å². The molecule has 2 aromatic carbocycles. The highest BCUT2D eigenvalue weighted by Gasteiger charge is 2.22. The molecule has 26 heavy (non-hydrogen) atoms. The van der Waals surface area contributed by atoms with E-state index < -0.39 is 23.4 Å². The molecule has 8 heteroatoms. The average molecular weight is 358 g/mol. The third kappa shape index (κ3) is 5.04. The van der Waals surface area contributed by atoms with Crippen LogP contribution in [0.15, 0.2) is 54.6 Å². The minimum atomic E-state index is -0.590. The van der Waals surface area contributed by atoms with Gasteiger partial charge in [-0.25, -0.2) is 0 Å². The summed E-state index contributed by atoms with van der Waals surface area (Å²) >= 11 is 0. The number of hydrogen-bond donors (Lipinski definition) is 0. The number of esters is 1. The molecule has 0 aliphatic rings. The van der Waals surface area contributed by atoms with Crippen LogP contribution in [0.3, 0.4) is 0 Å². The fraction of sp³-hybridized carbons (Fsp3) is 0.222. The van der Waals surface area contributed by atoms with Gasteiger partial charge < -0.3 is 9.47 Å². The second kappa shape index (κ2) is 9.16. The highest BCUT2D eigenvalue weighted by Crippen LogP contribution is 2.26. The van der Waals surface area contributed by atoms with E-state index in [-0.39, 0.29) is 24.6 Å². The van der Waals surface area contributed by atoms with Gasteiger partial charge in [0.05, 0.1) is 11.5 Å². The van der Waals surface area contributed by atoms with E-state index in [9.17, 15) is 19.7 Å². The smallest absolute Gasteiger partial charge is 0.326 e. The van der Waals surface area contributed by atoms with Gasteiger partial charge >= 0.3 is 11.7 Å². The van der Waals surface area contributed by atoms with Crippen LogP contribution in [0.25, 0.3) is 0 Å². The van der Waals surface area contributed by atoms with Crippen LogP contribution < -0.4 is 9.64 Å². The summed E-state index contributed by atoms with van der Waals surface area (Å²) in [5, 5.41) is 11.0. The van der Waals surface area contributed by atoms with Crippen molar-refractivity contribution in [2.24, 2.45) is 0 Å². The Morgan fingerprint density at radius 1 is 1.08 bits per heavy atom. The minimum Gasteiger partial charge on any atom is -0.477 e. The summed E-state index contributed by atoms with van der Waals surface area (Å²) in [6.07, 6.45) is 0. The molecule has 0 saturated heterocycles. The molecular weight excluding hydrogens is 340 g/mol. The molecule has 8 nitrogen and oxygen atoms in total. The fourth-order valence-corrected chi connectivity index (χ4v) is 2.21. The van der Waals surface area contributed by atoms with Crippen LogP contribution in [0.5, 0.6) is 5.75 Å². The van der Waals surface area contributed by atoms with E-state index in [0.29, 0.717) is 5.69 Å². The predicted molar refractivity (Wildman–Crippen MR) is 94.0 cm³/mol. The topological polar surface area (TPSA) is 99.0 Å². The van der Waals surface area contributed by atoms with E-state index in [1.54, 1.807) is 43.3 Å². The van der Waals surface area contributed by atoms with E-state index in [4.69, 9.17) is 9.47 Å². The Bertz CT molecular complexity index is 778. The van der Waals surface area contributed by atoms with Gasteiger partial charge in [0.1, 0.15) is 6.54 Å². The minimum absolute atomic E-state index is 0.0185. The maximum absolute atomic E-state index is 12.6. The quantitative estimate of drug-likeness (QED) is 0.408. The Hall–Kier alpha value is -3.42. The molecule has 0 spiro atoms. The van der Waals surface area contributed by atoms with Crippen LogP contribution in [0, 0.1) is 10.1 Å². The van der Waals surface area contributed by atoms with Gasteiger partial charge in [-0.15, -0.1) is 0 Å². The highest BCUT2D eigenvalue weighted by molar-refractivity contribution is 5.98. The van der Waals surface area contributed by atoms with Crippen LogP contribution >= 0.6 is 0 Å². The molecule has 0 aromatic heterocycles. The Kier molecular flexibility index (Phi) is 6.67. The molecule has 0 aliphatic carbocycles. The lowest BCUT2D eigenvalue weighted by atomic mass is 10.2. The Labute approximate surface area is 150 Å². The second-order valence-electron chi connectivity index (χ2n) is 5.13. The van der Waals surface area contributed by atoms with E-state index in [2.05, 4.69) is 0 Å². The van der Waals surface area contributed by atoms with E-state index in [0.717, 1.165) is 0 Å². The molecule has 136 valence electrons. The normalized spacial score (nSPS) is 10.0. The van der Waals surface area contributed by atoms with Crippen molar-refractivity contribution in [3.63, 3.8) is 0 Å². The molecule has 0 saturated carbocycles. The fourth-order valence-electron chi connectivity index (χ4n) is 2.21. The number of rotatable bonds is 8. The van der Waals surface area contributed by atoms with Gasteiger partial charge in [0.25, 0.3) is 5.91 Å². The molecule has 0 unspecified atom stereocenters. The van der Waals surface area contributed by atoms with E-state index in [1.165, 1.54) is 23.1 Å². The number of benzene rings is 2. The lowest BCUT2D eigenvalue weighted by Gasteiger charge is -2.22. The molecule has 0 aliphatic heterocycles. The standard InChI is InChI=1S/C18H18N2O6/c1-2-25-18(22)12-19(14-8-4-3-5-9-14)17(21)13-26-16-11-7-6-10-15(16)20(23)24/h3-11H,2,12-13H2,1H3. The zero-order valence-electron chi connectivity index (χ0n) is 14.2. The SMILES string of the molecule is CCOC(=O)CN(C(=O)COc1ccccc1[N+](=O)[O-])c1ccccc1. The lowest BCUT2D eigenvalue weighted by molar-refractivity contribution is -0.385. The molecule has 2 aromatic rings. The number of anilines is 1. The van der Waals surface area contributed by atoms with E-state index in [1.807, 2.05) is 0 Å². The summed E-state index contributed by atoms with van der Waals surface area (Å²) in [7, 11) is 0. The van der Waals surface area contributed by atoms with Crippen LogP contribution in [-0.4, -0.2) is 36.6 Å². The highest BCUT2D eigenvalue weighted by atomic mass is 16.6. The maximum Gasteiger partial charge on any atom is 0.326 e. The van der Waals surface area contributed by atoms with Crippen molar-refractivity contribution in [3.8, 4) is 5.75 Å². The summed E-state index contributed by atoms with van der Waals surface area (Å²) < 4.78 is 10.2. The molecule has 1 amide bonds. The summed E-state index contributed by atoms with van der Waals surface area (Å²) in [5.41, 5.74) is 0.258. The van der Waals surface area contributed by atoms with Gasteiger partial charge in [0, 0.05) is 11.8 Å². The van der Waals surface area contributed by atoms with Gasteiger partial charge in [0.15, 0.2) is 12.4 Å². The average Bonchev–Trinajstić information content (AvgIpc) is 2.65. The summed E-state index contributed by atoms with van der Waals surface area (Å²) in [6.45, 7) is 1.13. The zero-order chi connectivity index (χ0) is 18.9. The molecule has 0 heterocycles. The maximum atomic E-state index is 12.6. The molecular formula is C18H18N2O6. The molecule has 0 fully saturated rings. The first-order chi connectivity index (χ1) is 12.5. The van der Waals surface area contributed by atoms with Gasteiger partial charge in [-0.1, -0.05) is 30.3 Å². The van der Waals surface area contributed by atoms with Crippen molar-refractivity contribution in [1.29, 1.82) is 0 Å². The largest absolute Gasteiger partial charge is 0.477 e. The summed E-state index contributed by atoms with van der Waals surface area (Å²) in [6, 6.07) is 14.3. The van der Waals surface area contributed by atoms with Crippen molar-refractivity contribution in [1.82, 2.24) is 0 Å². The first kappa shape index (κ1) is 18.9. The number of amides is 1. The van der Waals surface area contributed by atoms with E-state index >= 15 is 0 Å². The van der Waals surface area contributed by atoms with Crippen molar-refractivity contribution in [2.75, 3.05) is 24.7 Å². The monoisotopic (exact) mass is 358 g/mol. The van der Waals surface area contributed by atoms with Crippen molar-refractivity contribution < 1.29 is 24.0 Å². The molecule has 0 radical (unpaired) electrons. The van der Waals surface area contributed by atoms with Crippen LogP contribution in [-0.2, 0) is 14.3 Å². The summed E-state index contributed by atoms with van der Waals surface area (Å²) in [5.74, 6) is -1.10. The number of ether oxygens (including phenoxy) is 2. The Morgan fingerprint density at radius 3 is 2.38 bits per heavy atom. The van der Waals surface area contributed by atoms with Crippen LogP contribution in [0.4, 0.5) is 11.4 Å².